The van der Waals surface area contributed by atoms with Crippen LogP contribution in [0.3, 0.4) is 0 Å². The van der Waals surface area contributed by atoms with Gasteiger partial charge in [0.15, 0.2) is 0 Å². The molecule has 0 aliphatic carbocycles. The molecule has 0 heterocycles. The van der Waals surface area contributed by atoms with E-state index in [1.807, 2.05) is 0 Å². The summed E-state index contributed by atoms with van der Waals surface area (Å²) in [6.07, 6.45) is 0. The molecule has 0 saturated carbocycles. The molecule has 0 unspecified atom stereocenters. The molecule has 0 aliphatic rings. The van der Waals surface area contributed by atoms with Crippen LogP contribution in [0, 0.1) is 0 Å². The van der Waals surface area contributed by atoms with Gasteiger partial charge in [-0.3, -0.25) is 0 Å². The van der Waals surface area contributed by atoms with Crippen molar-refractivity contribution in [2.45, 2.75) is 25.9 Å². The lowest BCUT2D eigenvalue weighted by Crippen LogP contribution is -3.00. The third kappa shape index (κ3) is 5.79. The Morgan fingerprint density at radius 2 is 0.947 bits per heavy atom. The fourth-order valence-electron chi connectivity index (χ4n) is 2.17. The first-order valence-electron chi connectivity index (χ1n) is 6.22. The maximum Gasteiger partial charge on any atom is 0.109 e. The van der Waals surface area contributed by atoms with Crippen molar-refractivity contribution in [1.82, 2.24) is 0 Å². The number of rotatable bonds is 4. The molecule has 0 aromatic heterocycles. The number of halogens is 2. The van der Waals surface area contributed by atoms with E-state index >= 15 is 0 Å². The molecule has 2 N–H and O–H groups in total. The molecule has 2 aromatic rings. The van der Waals surface area contributed by atoms with E-state index in [1.54, 1.807) is 0 Å². The van der Waals surface area contributed by atoms with Crippen molar-refractivity contribution in [3.8, 4) is 0 Å². The SMILES string of the molecule is C[C@@H]([NH2+][C@H](C)c1ccccc1)c1ccccc1.[I-].[I-]. The maximum atomic E-state index is 2.41. The first-order chi connectivity index (χ1) is 8.27. The highest BCUT2D eigenvalue weighted by Crippen LogP contribution is 2.11. The highest BCUT2D eigenvalue weighted by Gasteiger charge is 2.14. The van der Waals surface area contributed by atoms with Crippen molar-refractivity contribution in [2.75, 3.05) is 0 Å². The van der Waals surface area contributed by atoms with E-state index in [9.17, 15) is 0 Å². The van der Waals surface area contributed by atoms with E-state index in [0.29, 0.717) is 12.1 Å². The second kappa shape index (κ2) is 9.72. The van der Waals surface area contributed by atoms with Crippen molar-refractivity contribution in [3.05, 3.63) is 71.8 Å². The molecule has 0 radical (unpaired) electrons. The van der Waals surface area contributed by atoms with Gasteiger partial charge >= 0.3 is 0 Å². The molecule has 2 rings (SSSR count). The molecule has 1 nitrogen and oxygen atoms in total. The van der Waals surface area contributed by atoms with Crippen LogP contribution < -0.4 is 53.3 Å². The zero-order chi connectivity index (χ0) is 12.1. The monoisotopic (exact) mass is 480 g/mol. The Labute approximate surface area is 150 Å². The first kappa shape index (κ1) is 18.9. The van der Waals surface area contributed by atoms with E-state index in [0.717, 1.165) is 0 Å². The van der Waals surface area contributed by atoms with Gasteiger partial charge < -0.3 is 53.3 Å². The second-order valence-electron chi connectivity index (χ2n) is 4.59. The molecule has 3 heteroatoms. The van der Waals surface area contributed by atoms with Gasteiger partial charge in [0.05, 0.1) is 0 Å². The number of nitrogens with two attached hydrogens (primary N) is 1. The molecule has 0 spiro atoms. The number of hydrogen-bond acceptors (Lipinski definition) is 0. The second-order valence-corrected chi connectivity index (χ2v) is 4.59. The van der Waals surface area contributed by atoms with Crippen LogP contribution in [0.15, 0.2) is 60.7 Å². The third-order valence-electron chi connectivity index (χ3n) is 3.23. The standard InChI is InChI=1S/C16H19N.2HI/c1-13(15-9-5-3-6-10-15)17-14(2)16-11-7-4-8-12-16;;/h3-14,17H,1-2H3;2*1H/p-1/t13-,14-;;/m1../s1. The lowest BCUT2D eigenvalue weighted by molar-refractivity contribution is -0.728. The lowest BCUT2D eigenvalue weighted by Gasteiger charge is -2.17. The van der Waals surface area contributed by atoms with Crippen LogP contribution in [0.25, 0.3) is 0 Å². The Morgan fingerprint density at radius 1 is 0.632 bits per heavy atom. The molecule has 19 heavy (non-hydrogen) atoms. The number of hydrogen-bond donors (Lipinski definition) is 1. The van der Waals surface area contributed by atoms with Crippen LogP contribution in [-0.2, 0) is 0 Å². The number of benzene rings is 2. The summed E-state index contributed by atoms with van der Waals surface area (Å²) in [7, 11) is 0. The molecule has 104 valence electrons. The van der Waals surface area contributed by atoms with Gasteiger partial charge in [0, 0.05) is 11.1 Å². The minimum Gasteiger partial charge on any atom is -1.00 e. The zero-order valence-corrected chi connectivity index (χ0v) is 15.6. The first-order valence-corrected chi connectivity index (χ1v) is 6.22. The quantitative estimate of drug-likeness (QED) is 0.453. The fraction of sp³-hybridized carbons (Fsp3) is 0.250. The smallest absolute Gasteiger partial charge is 0.109 e. The minimum absolute atomic E-state index is 0. The summed E-state index contributed by atoms with van der Waals surface area (Å²) in [6.45, 7) is 4.52. The highest BCUT2D eigenvalue weighted by molar-refractivity contribution is 5.18. The summed E-state index contributed by atoms with van der Waals surface area (Å²) < 4.78 is 0. The normalized spacial score (nSPS) is 12.7. The summed E-state index contributed by atoms with van der Waals surface area (Å²) in [5.41, 5.74) is 2.77. The summed E-state index contributed by atoms with van der Waals surface area (Å²) in [5, 5.41) is 2.41. The average Bonchev–Trinajstić information content (AvgIpc) is 2.40. The van der Waals surface area contributed by atoms with E-state index in [4.69, 9.17) is 0 Å². The summed E-state index contributed by atoms with van der Waals surface area (Å²) in [4.78, 5) is 0. The van der Waals surface area contributed by atoms with Gasteiger partial charge in [-0.25, -0.2) is 0 Å². The van der Waals surface area contributed by atoms with E-state index in [2.05, 4.69) is 79.8 Å². The Balaban J connectivity index is 0.00000162. The van der Waals surface area contributed by atoms with Crippen molar-refractivity contribution in [1.29, 1.82) is 0 Å². The summed E-state index contributed by atoms with van der Waals surface area (Å²) >= 11 is 0. The van der Waals surface area contributed by atoms with E-state index < -0.39 is 0 Å². The molecular formula is C16H20I2N-. The molecule has 0 bridgehead atoms. The molecule has 2 aromatic carbocycles. The van der Waals surface area contributed by atoms with Crippen LogP contribution in [-0.4, -0.2) is 0 Å². The van der Waals surface area contributed by atoms with Crippen molar-refractivity contribution >= 4 is 0 Å². The maximum absolute atomic E-state index is 2.41. The van der Waals surface area contributed by atoms with Gasteiger partial charge in [-0.1, -0.05) is 60.7 Å². The van der Waals surface area contributed by atoms with Crippen LogP contribution >= 0.6 is 0 Å². The number of quaternary nitrogens is 1. The van der Waals surface area contributed by atoms with E-state index in [1.165, 1.54) is 11.1 Å². The van der Waals surface area contributed by atoms with Crippen LogP contribution in [0.5, 0.6) is 0 Å². The van der Waals surface area contributed by atoms with Gasteiger partial charge in [0.25, 0.3) is 0 Å². The fourth-order valence-corrected chi connectivity index (χ4v) is 2.17. The van der Waals surface area contributed by atoms with Crippen LogP contribution in [0.4, 0.5) is 0 Å². The third-order valence-corrected chi connectivity index (χ3v) is 3.23. The van der Waals surface area contributed by atoms with Gasteiger partial charge in [-0.2, -0.15) is 0 Å². The summed E-state index contributed by atoms with van der Waals surface area (Å²) in [6, 6.07) is 22.3. The molecule has 0 aliphatic heterocycles. The Morgan fingerprint density at radius 3 is 1.26 bits per heavy atom. The Bertz CT molecular complexity index is 401. The van der Waals surface area contributed by atoms with Crippen LogP contribution in [0.2, 0.25) is 0 Å². The predicted octanol–water partition coefficient (Wildman–Crippen LogP) is -2.92. The van der Waals surface area contributed by atoms with Gasteiger partial charge in [-0.15, -0.1) is 0 Å². The lowest BCUT2D eigenvalue weighted by atomic mass is 10.0. The topological polar surface area (TPSA) is 16.6 Å². The highest BCUT2D eigenvalue weighted by atomic mass is 127. The molecule has 0 amide bonds. The largest absolute Gasteiger partial charge is 1.00 e. The molecule has 0 saturated heterocycles. The van der Waals surface area contributed by atoms with Crippen molar-refractivity contribution in [2.24, 2.45) is 0 Å². The predicted molar refractivity (Wildman–Crippen MR) is 71.6 cm³/mol. The Kier molecular flexibility index (Phi) is 9.64. The van der Waals surface area contributed by atoms with Crippen LogP contribution in [0.1, 0.15) is 37.1 Å². The molecule has 2 atom stereocenters. The van der Waals surface area contributed by atoms with E-state index in [-0.39, 0.29) is 48.0 Å². The molecule has 0 fully saturated rings. The van der Waals surface area contributed by atoms with Gasteiger partial charge in [0.2, 0.25) is 0 Å². The van der Waals surface area contributed by atoms with Crippen molar-refractivity contribution < 1.29 is 53.3 Å². The Hall–Kier alpha value is -0.140. The average molecular weight is 480 g/mol. The summed E-state index contributed by atoms with van der Waals surface area (Å²) in [5.74, 6) is 0. The molecular weight excluding hydrogens is 460 g/mol. The van der Waals surface area contributed by atoms with Crippen molar-refractivity contribution in [3.63, 3.8) is 0 Å². The van der Waals surface area contributed by atoms with Gasteiger partial charge in [0.1, 0.15) is 12.1 Å². The zero-order valence-electron chi connectivity index (χ0n) is 11.3. The minimum atomic E-state index is 0. The van der Waals surface area contributed by atoms with Gasteiger partial charge in [-0.05, 0) is 13.8 Å².